The Morgan fingerprint density at radius 2 is 1.96 bits per heavy atom. The van der Waals surface area contributed by atoms with Crippen molar-refractivity contribution in [1.82, 2.24) is 24.6 Å². The molecule has 3 aromatic rings. The van der Waals surface area contributed by atoms with Crippen molar-refractivity contribution in [3.8, 4) is 0 Å². The zero-order valence-corrected chi connectivity index (χ0v) is 14.6. The van der Waals surface area contributed by atoms with Gasteiger partial charge < -0.3 is 14.8 Å². The lowest BCUT2D eigenvalue weighted by atomic mass is 10.1. The fraction of sp³-hybridized carbons (Fsp3) is 0.333. The summed E-state index contributed by atoms with van der Waals surface area (Å²) < 4.78 is 1.49. The highest BCUT2D eigenvalue weighted by molar-refractivity contribution is 5.79. The molecule has 134 valence electrons. The van der Waals surface area contributed by atoms with Gasteiger partial charge in [0.25, 0.3) is 5.56 Å². The topological polar surface area (TPSA) is 87.1 Å². The van der Waals surface area contributed by atoms with Gasteiger partial charge in [-0.05, 0) is 18.6 Å². The first kappa shape index (κ1) is 16.3. The molecule has 0 saturated carbocycles. The van der Waals surface area contributed by atoms with Gasteiger partial charge in [0.1, 0.15) is 11.9 Å². The average Bonchev–Trinajstić information content (AvgIpc) is 3.07. The van der Waals surface area contributed by atoms with Crippen LogP contribution in [0.1, 0.15) is 5.56 Å². The van der Waals surface area contributed by atoms with Gasteiger partial charge in [-0.3, -0.25) is 9.59 Å². The number of piperazine rings is 1. The summed E-state index contributed by atoms with van der Waals surface area (Å²) in [6, 6.07) is 8.29. The minimum atomic E-state index is -0.249. The molecule has 4 rings (SSSR count). The molecule has 0 aliphatic carbocycles. The Labute approximate surface area is 150 Å². The summed E-state index contributed by atoms with van der Waals surface area (Å²) in [6.45, 7) is 5.12. The van der Waals surface area contributed by atoms with E-state index in [1.54, 1.807) is 0 Å². The highest BCUT2D eigenvalue weighted by atomic mass is 16.2. The lowest BCUT2D eigenvalue weighted by Gasteiger charge is -2.36. The second-order valence-electron chi connectivity index (χ2n) is 6.43. The Balaban J connectivity index is 1.43. The fourth-order valence-electron chi connectivity index (χ4n) is 3.36. The van der Waals surface area contributed by atoms with Gasteiger partial charge in [0.2, 0.25) is 5.91 Å². The van der Waals surface area contributed by atoms with Gasteiger partial charge in [-0.1, -0.05) is 18.2 Å². The molecule has 0 radical (unpaired) electrons. The number of benzene rings is 1. The van der Waals surface area contributed by atoms with E-state index in [4.69, 9.17) is 0 Å². The zero-order chi connectivity index (χ0) is 18.1. The van der Waals surface area contributed by atoms with Crippen molar-refractivity contribution in [1.29, 1.82) is 0 Å². The number of fused-ring (bicyclic) bond motifs is 1. The summed E-state index contributed by atoms with van der Waals surface area (Å²) in [5.41, 5.74) is 2.65. The molecule has 0 bridgehead atoms. The number of hydrogen-bond acceptors (Lipinski definition) is 5. The van der Waals surface area contributed by atoms with Crippen molar-refractivity contribution >= 4 is 22.6 Å². The van der Waals surface area contributed by atoms with E-state index in [1.165, 1.54) is 28.5 Å². The summed E-state index contributed by atoms with van der Waals surface area (Å²) in [6.07, 6.45) is 2.78. The molecule has 1 amide bonds. The highest BCUT2D eigenvalue weighted by Crippen LogP contribution is 2.20. The van der Waals surface area contributed by atoms with Gasteiger partial charge in [0, 0.05) is 31.9 Å². The molecule has 8 nitrogen and oxygen atoms in total. The van der Waals surface area contributed by atoms with Crippen LogP contribution in [0.2, 0.25) is 0 Å². The molecular formula is C18H20N6O2. The second kappa shape index (κ2) is 6.62. The maximum atomic E-state index is 12.6. The number of hydrogen-bond donors (Lipinski definition) is 1. The summed E-state index contributed by atoms with van der Waals surface area (Å²) in [5, 5.41) is 4.53. The predicted molar refractivity (Wildman–Crippen MR) is 98.1 cm³/mol. The van der Waals surface area contributed by atoms with Gasteiger partial charge in [-0.15, -0.1) is 0 Å². The molecule has 26 heavy (non-hydrogen) atoms. The van der Waals surface area contributed by atoms with Crippen LogP contribution in [0.25, 0.3) is 11.0 Å². The molecule has 0 atom stereocenters. The van der Waals surface area contributed by atoms with E-state index in [2.05, 4.69) is 39.0 Å². The van der Waals surface area contributed by atoms with Crippen LogP contribution >= 0.6 is 0 Å². The Morgan fingerprint density at radius 3 is 2.73 bits per heavy atom. The number of aromatic amines is 1. The van der Waals surface area contributed by atoms with Crippen molar-refractivity contribution in [3.63, 3.8) is 0 Å². The SMILES string of the molecule is Cc1ccccc1N1CCN(C(=O)Cn2ncc3c(=O)[nH]cnc32)CC1. The average molecular weight is 352 g/mol. The van der Waals surface area contributed by atoms with E-state index < -0.39 is 0 Å². The molecule has 0 unspecified atom stereocenters. The van der Waals surface area contributed by atoms with Crippen LogP contribution in [0.3, 0.4) is 0 Å². The zero-order valence-electron chi connectivity index (χ0n) is 14.6. The number of H-pyrrole nitrogens is 1. The molecule has 1 aliphatic heterocycles. The van der Waals surface area contributed by atoms with Gasteiger partial charge in [0.15, 0.2) is 5.65 Å². The van der Waals surface area contributed by atoms with Gasteiger partial charge in [-0.2, -0.15) is 5.10 Å². The Bertz CT molecular complexity index is 1000. The smallest absolute Gasteiger partial charge is 0.261 e. The number of carbonyl (C=O) groups is 1. The summed E-state index contributed by atoms with van der Waals surface area (Å²) in [7, 11) is 0. The molecule has 3 heterocycles. The molecule has 8 heteroatoms. The van der Waals surface area contributed by atoms with Crippen LogP contribution in [0.4, 0.5) is 5.69 Å². The first-order valence-electron chi connectivity index (χ1n) is 8.61. The normalized spacial score (nSPS) is 14.8. The quantitative estimate of drug-likeness (QED) is 0.753. The maximum Gasteiger partial charge on any atom is 0.261 e. The third-order valence-electron chi connectivity index (χ3n) is 4.81. The summed E-state index contributed by atoms with van der Waals surface area (Å²) in [5.74, 6) is -0.0125. The van der Waals surface area contributed by atoms with Crippen LogP contribution < -0.4 is 10.5 Å². The number of aryl methyl sites for hydroxylation is 1. The van der Waals surface area contributed by atoms with Crippen molar-refractivity contribution in [3.05, 3.63) is 52.7 Å². The molecule has 0 spiro atoms. The number of carbonyl (C=O) groups excluding carboxylic acids is 1. The minimum Gasteiger partial charge on any atom is -0.368 e. The molecule has 1 saturated heterocycles. The summed E-state index contributed by atoms with van der Waals surface area (Å²) >= 11 is 0. The van der Waals surface area contributed by atoms with E-state index in [0.717, 1.165) is 13.1 Å². The van der Waals surface area contributed by atoms with Crippen LogP contribution in [0.5, 0.6) is 0 Å². The van der Waals surface area contributed by atoms with E-state index in [1.807, 2.05) is 17.0 Å². The van der Waals surface area contributed by atoms with Crippen molar-refractivity contribution in [2.45, 2.75) is 13.5 Å². The van der Waals surface area contributed by atoms with Gasteiger partial charge >= 0.3 is 0 Å². The third kappa shape index (κ3) is 2.94. The van der Waals surface area contributed by atoms with Crippen molar-refractivity contribution in [2.75, 3.05) is 31.1 Å². The number of nitrogens with one attached hydrogen (secondary N) is 1. The third-order valence-corrected chi connectivity index (χ3v) is 4.81. The first-order valence-corrected chi connectivity index (χ1v) is 8.61. The molecular weight excluding hydrogens is 332 g/mol. The van der Waals surface area contributed by atoms with E-state index in [-0.39, 0.29) is 18.0 Å². The van der Waals surface area contributed by atoms with Gasteiger partial charge in [-0.25, -0.2) is 9.67 Å². The number of para-hydroxylation sites is 1. The number of rotatable bonds is 3. The van der Waals surface area contributed by atoms with Crippen LogP contribution in [-0.2, 0) is 11.3 Å². The summed E-state index contributed by atoms with van der Waals surface area (Å²) in [4.78, 5) is 35.2. The first-order chi connectivity index (χ1) is 12.6. The minimum absolute atomic E-state index is 0.0125. The number of nitrogens with zero attached hydrogens (tertiary/aromatic N) is 5. The number of amides is 1. The highest BCUT2D eigenvalue weighted by Gasteiger charge is 2.23. The second-order valence-corrected chi connectivity index (χ2v) is 6.43. The molecule has 1 N–H and O–H groups in total. The van der Waals surface area contributed by atoms with E-state index in [0.29, 0.717) is 24.1 Å². The van der Waals surface area contributed by atoms with Crippen molar-refractivity contribution in [2.24, 2.45) is 0 Å². The monoisotopic (exact) mass is 352 g/mol. The maximum absolute atomic E-state index is 12.6. The molecule has 1 aliphatic rings. The Hall–Kier alpha value is -3.16. The molecule has 1 aromatic carbocycles. The lowest BCUT2D eigenvalue weighted by Crippen LogP contribution is -2.49. The van der Waals surface area contributed by atoms with Crippen molar-refractivity contribution < 1.29 is 4.79 Å². The van der Waals surface area contributed by atoms with E-state index >= 15 is 0 Å². The van der Waals surface area contributed by atoms with E-state index in [9.17, 15) is 9.59 Å². The molecule has 1 fully saturated rings. The van der Waals surface area contributed by atoms with Crippen LogP contribution in [-0.4, -0.2) is 56.7 Å². The predicted octanol–water partition coefficient (Wildman–Crippen LogP) is 0.777. The fourth-order valence-corrected chi connectivity index (χ4v) is 3.36. The largest absolute Gasteiger partial charge is 0.368 e. The van der Waals surface area contributed by atoms with Crippen LogP contribution in [0.15, 0.2) is 41.6 Å². The molecule has 2 aromatic heterocycles. The Morgan fingerprint density at radius 1 is 1.19 bits per heavy atom. The van der Waals surface area contributed by atoms with Crippen LogP contribution in [0, 0.1) is 6.92 Å². The number of aromatic nitrogens is 4. The Kier molecular flexibility index (Phi) is 4.16. The lowest BCUT2D eigenvalue weighted by molar-refractivity contribution is -0.132. The standard InChI is InChI=1S/C18H20N6O2/c1-13-4-2-3-5-15(13)22-6-8-23(9-7-22)16(25)11-24-17-14(10-21-24)18(26)20-12-19-17/h2-5,10,12H,6-9,11H2,1H3,(H,19,20,26). The van der Waals surface area contributed by atoms with Gasteiger partial charge in [0.05, 0.1) is 12.5 Å². The number of anilines is 1.